The number of unbranched alkanes of at least 4 members (excludes halogenated alkanes) is 1. The third-order valence-electron chi connectivity index (χ3n) is 2.93. The Labute approximate surface area is 117 Å². The summed E-state index contributed by atoms with van der Waals surface area (Å²) in [6.45, 7) is 3.65. The number of aryl methyl sites for hydroxylation is 1. The summed E-state index contributed by atoms with van der Waals surface area (Å²) >= 11 is 0. The maximum absolute atomic E-state index is 11.6. The van der Waals surface area contributed by atoms with Crippen LogP contribution in [0.15, 0.2) is 18.2 Å². The number of benzene rings is 1. The highest BCUT2D eigenvalue weighted by molar-refractivity contribution is 5.75. The van der Waals surface area contributed by atoms with Gasteiger partial charge in [-0.15, -0.1) is 0 Å². The van der Waals surface area contributed by atoms with Gasteiger partial charge in [-0.25, -0.2) is 4.79 Å². The van der Waals surface area contributed by atoms with Crippen molar-refractivity contribution >= 4 is 11.7 Å². The summed E-state index contributed by atoms with van der Waals surface area (Å²) in [6.07, 6.45) is 1.65. The van der Waals surface area contributed by atoms with E-state index in [1.54, 1.807) is 13.0 Å². The highest BCUT2D eigenvalue weighted by Crippen LogP contribution is 2.24. The first-order chi connectivity index (χ1) is 9.49. The zero-order chi connectivity index (χ0) is 15.1. The number of nitro benzene ring substituents is 1. The number of nitrogens with zero attached hydrogens (tertiary/aromatic N) is 1. The normalized spacial score (nSPS) is 11.8. The fourth-order valence-electron chi connectivity index (χ4n) is 1.82. The van der Waals surface area contributed by atoms with E-state index in [9.17, 15) is 14.9 Å². The van der Waals surface area contributed by atoms with Crippen LogP contribution in [0.1, 0.15) is 31.7 Å². The highest BCUT2D eigenvalue weighted by atomic mass is 16.6. The van der Waals surface area contributed by atoms with E-state index < -0.39 is 17.0 Å². The molecule has 0 saturated heterocycles. The molecule has 0 amide bonds. The molecule has 110 valence electrons. The lowest BCUT2D eigenvalue weighted by molar-refractivity contribution is -0.385. The zero-order valence-electron chi connectivity index (χ0n) is 11.9. The van der Waals surface area contributed by atoms with Crippen molar-refractivity contribution in [3.8, 4) is 5.75 Å². The maximum Gasteiger partial charge on any atom is 0.347 e. The van der Waals surface area contributed by atoms with Crippen LogP contribution in [0.4, 0.5) is 5.69 Å². The summed E-state index contributed by atoms with van der Waals surface area (Å²) in [5, 5.41) is 10.7. The minimum absolute atomic E-state index is 0.0283. The van der Waals surface area contributed by atoms with Gasteiger partial charge in [-0.2, -0.15) is 0 Å². The van der Waals surface area contributed by atoms with Crippen LogP contribution in [0.25, 0.3) is 0 Å². The van der Waals surface area contributed by atoms with Gasteiger partial charge < -0.3 is 9.47 Å². The molecule has 0 aromatic heterocycles. The monoisotopic (exact) mass is 281 g/mol. The van der Waals surface area contributed by atoms with Gasteiger partial charge >= 0.3 is 5.97 Å². The van der Waals surface area contributed by atoms with Crippen LogP contribution in [0.3, 0.4) is 0 Å². The number of rotatable bonds is 7. The molecule has 0 aliphatic heterocycles. The summed E-state index contributed by atoms with van der Waals surface area (Å²) in [5.41, 5.74) is 0.520. The van der Waals surface area contributed by atoms with E-state index in [0.29, 0.717) is 17.7 Å². The van der Waals surface area contributed by atoms with Gasteiger partial charge in [-0.1, -0.05) is 13.3 Å². The fourth-order valence-corrected chi connectivity index (χ4v) is 1.82. The van der Waals surface area contributed by atoms with Crippen molar-refractivity contribution in [2.24, 2.45) is 0 Å². The summed E-state index contributed by atoms with van der Waals surface area (Å²) < 4.78 is 10.3. The van der Waals surface area contributed by atoms with E-state index in [4.69, 9.17) is 9.47 Å². The van der Waals surface area contributed by atoms with Crippen molar-refractivity contribution < 1.29 is 19.2 Å². The van der Waals surface area contributed by atoms with Gasteiger partial charge in [-0.05, 0) is 31.9 Å². The van der Waals surface area contributed by atoms with Crippen LogP contribution in [0, 0.1) is 17.0 Å². The van der Waals surface area contributed by atoms with Crippen molar-refractivity contribution in [3.63, 3.8) is 0 Å². The van der Waals surface area contributed by atoms with Crippen molar-refractivity contribution in [2.45, 2.75) is 39.2 Å². The first-order valence-electron chi connectivity index (χ1n) is 6.49. The standard InChI is InChI=1S/C14H19NO5/c1-4-5-6-13(14(16)19-3)20-11-7-8-12(15(17)18)10(2)9-11/h7-9,13H,4-6H2,1-3H3. The van der Waals surface area contributed by atoms with Crippen LogP contribution in [-0.4, -0.2) is 24.1 Å². The quantitative estimate of drug-likeness (QED) is 0.436. The number of hydrogen-bond donors (Lipinski definition) is 0. The molecule has 0 aliphatic carbocycles. The van der Waals surface area contributed by atoms with Crippen molar-refractivity contribution in [1.29, 1.82) is 0 Å². The molecule has 1 aromatic rings. The molecule has 0 spiro atoms. The van der Waals surface area contributed by atoms with E-state index >= 15 is 0 Å². The number of hydrogen-bond acceptors (Lipinski definition) is 5. The molecule has 1 atom stereocenters. The van der Waals surface area contributed by atoms with Gasteiger partial charge in [0.2, 0.25) is 0 Å². The molecule has 6 nitrogen and oxygen atoms in total. The second-order valence-electron chi connectivity index (χ2n) is 4.48. The van der Waals surface area contributed by atoms with Crippen LogP contribution in [0.5, 0.6) is 5.75 Å². The molecule has 20 heavy (non-hydrogen) atoms. The smallest absolute Gasteiger partial charge is 0.347 e. The minimum atomic E-state index is -0.680. The highest BCUT2D eigenvalue weighted by Gasteiger charge is 2.21. The second-order valence-corrected chi connectivity index (χ2v) is 4.48. The Kier molecular flexibility index (Phi) is 5.96. The van der Waals surface area contributed by atoms with Crippen LogP contribution in [0.2, 0.25) is 0 Å². The van der Waals surface area contributed by atoms with Crippen molar-refractivity contribution in [3.05, 3.63) is 33.9 Å². The van der Waals surface area contributed by atoms with Crippen molar-refractivity contribution in [1.82, 2.24) is 0 Å². The molecule has 6 heteroatoms. The molecular weight excluding hydrogens is 262 g/mol. The van der Waals surface area contributed by atoms with E-state index in [2.05, 4.69) is 0 Å². The molecule has 0 bridgehead atoms. The number of nitro groups is 1. The summed E-state index contributed by atoms with van der Waals surface area (Å²) in [7, 11) is 1.31. The lowest BCUT2D eigenvalue weighted by atomic mass is 10.1. The van der Waals surface area contributed by atoms with E-state index in [1.807, 2.05) is 6.92 Å². The van der Waals surface area contributed by atoms with Gasteiger partial charge in [0, 0.05) is 11.6 Å². The third-order valence-corrected chi connectivity index (χ3v) is 2.93. The Balaban J connectivity index is 2.85. The molecule has 0 radical (unpaired) electrons. The number of carbonyl (C=O) groups excluding carboxylic acids is 1. The van der Waals surface area contributed by atoms with Gasteiger partial charge in [0.25, 0.3) is 5.69 Å². The first kappa shape index (κ1) is 15.9. The number of ether oxygens (including phenoxy) is 2. The molecule has 1 aromatic carbocycles. The zero-order valence-corrected chi connectivity index (χ0v) is 11.9. The maximum atomic E-state index is 11.6. The molecule has 1 unspecified atom stereocenters. The molecule has 0 aliphatic rings. The predicted octanol–water partition coefficient (Wildman–Crippen LogP) is 3.01. The molecule has 1 rings (SSSR count). The Morgan fingerprint density at radius 3 is 2.65 bits per heavy atom. The predicted molar refractivity (Wildman–Crippen MR) is 73.8 cm³/mol. The van der Waals surface area contributed by atoms with Gasteiger partial charge in [0.15, 0.2) is 6.10 Å². The van der Waals surface area contributed by atoms with Gasteiger partial charge in [-0.3, -0.25) is 10.1 Å². The topological polar surface area (TPSA) is 78.7 Å². The summed E-state index contributed by atoms with van der Waals surface area (Å²) in [5.74, 6) is -0.00550. The van der Waals surface area contributed by atoms with E-state index in [1.165, 1.54) is 19.2 Å². The Bertz CT molecular complexity index is 486. The Morgan fingerprint density at radius 1 is 1.45 bits per heavy atom. The summed E-state index contributed by atoms with van der Waals surface area (Å²) in [6, 6.07) is 4.42. The van der Waals surface area contributed by atoms with Crippen LogP contribution < -0.4 is 4.74 Å². The van der Waals surface area contributed by atoms with E-state index in [-0.39, 0.29) is 5.69 Å². The lowest BCUT2D eigenvalue weighted by Crippen LogP contribution is -2.28. The SMILES string of the molecule is CCCCC(Oc1ccc([N+](=O)[O-])c(C)c1)C(=O)OC. The van der Waals surface area contributed by atoms with Crippen LogP contribution in [-0.2, 0) is 9.53 Å². The van der Waals surface area contributed by atoms with Crippen LogP contribution >= 0.6 is 0 Å². The Morgan fingerprint density at radius 2 is 2.15 bits per heavy atom. The average molecular weight is 281 g/mol. The number of esters is 1. The van der Waals surface area contributed by atoms with Gasteiger partial charge in [0.1, 0.15) is 5.75 Å². The second kappa shape index (κ2) is 7.47. The molecule has 0 fully saturated rings. The molecule has 0 heterocycles. The minimum Gasteiger partial charge on any atom is -0.479 e. The van der Waals surface area contributed by atoms with Gasteiger partial charge in [0.05, 0.1) is 12.0 Å². The fraction of sp³-hybridized carbons (Fsp3) is 0.500. The first-order valence-corrected chi connectivity index (χ1v) is 6.49. The van der Waals surface area contributed by atoms with E-state index in [0.717, 1.165) is 12.8 Å². The Hall–Kier alpha value is -2.11. The lowest BCUT2D eigenvalue weighted by Gasteiger charge is -2.16. The summed E-state index contributed by atoms with van der Waals surface area (Å²) in [4.78, 5) is 21.9. The molecule has 0 N–H and O–H groups in total. The third kappa shape index (κ3) is 4.22. The van der Waals surface area contributed by atoms with Crippen molar-refractivity contribution in [2.75, 3.05) is 7.11 Å². The average Bonchev–Trinajstić information content (AvgIpc) is 2.42. The largest absolute Gasteiger partial charge is 0.479 e. The number of carbonyl (C=O) groups is 1. The molecular formula is C14H19NO5. The number of methoxy groups -OCH3 is 1. The molecule has 0 saturated carbocycles.